The van der Waals surface area contributed by atoms with Gasteiger partial charge in [-0.25, -0.2) is 0 Å². The quantitative estimate of drug-likeness (QED) is 0.673. The second-order valence-electron chi connectivity index (χ2n) is 3.61. The first-order valence-electron chi connectivity index (χ1n) is 4.68. The van der Waals surface area contributed by atoms with Gasteiger partial charge in [-0.15, -0.1) is 0 Å². The first-order chi connectivity index (χ1) is 5.68. The van der Waals surface area contributed by atoms with Crippen molar-refractivity contribution in [2.75, 3.05) is 19.6 Å². The summed E-state index contributed by atoms with van der Waals surface area (Å²) in [6.07, 6.45) is 2.62. The van der Waals surface area contributed by atoms with Crippen LogP contribution in [0.15, 0.2) is 0 Å². The van der Waals surface area contributed by atoms with Gasteiger partial charge in [-0.05, 0) is 32.9 Å². The van der Waals surface area contributed by atoms with Crippen LogP contribution in [-0.4, -0.2) is 36.5 Å². The van der Waals surface area contributed by atoms with E-state index in [1.54, 1.807) is 6.92 Å². The maximum Gasteiger partial charge on any atom is 0.217 e. The zero-order valence-corrected chi connectivity index (χ0v) is 7.97. The third-order valence-electron chi connectivity index (χ3n) is 2.18. The van der Waals surface area contributed by atoms with Gasteiger partial charge in [0.15, 0.2) is 0 Å². The minimum Gasteiger partial charge on any atom is -0.353 e. The molecule has 0 aromatic carbocycles. The van der Waals surface area contributed by atoms with Crippen molar-refractivity contribution in [2.24, 2.45) is 0 Å². The van der Waals surface area contributed by atoms with Gasteiger partial charge in [-0.2, -0.15) is 0 Å². The Labute approximate surface area is 74.1 Å². The van der Waals surface area contributed by atoms with Gasteiger partial charge in [-0.3, -0.25) is 4.79 Å². The highest BCUT2D eigenvalue weighted by Crippen LogP contribution is 2.07. The zero-order chi connectivity index (χ0) is 8.97. The predicted octanol–water partition coefficient (Wildman–Crippen LogP) is 0.607. The Morgan fingerprint density at radius 1 is 1.50 bits per heavy atom. The van der Waals surface area contributed by atoms with Crippen molar-refractivity contribution < 1.29 is 4.79 Å². The van der Waals surface area contributed by atoms with Crippen molar-refractivity contribution in [3.05, 3.63) is 0 Å². The number of carbonyl (C=O) groups excluding carboxylic acids is 1. The summed E-state index contributed by atoms with van der Waals surface area (Å²) in [7, 11) is 0. The molecule has 0 unspecified atom stereocenters. The van der Waals surface area contributed by atoms with E-state index in [1.165, 1.54) is 25.9 Å². The normalized spacial score (nSPS) is 20.8. The summed E-state index contributed by atoms with van der Waals surface area (Å²) in [5.41, 5.74) is 0. The number of carbonyl (C=O) groups is 1. The molecule has 0 aromatic rings. The Kier molecular flexibility index (Phi) is 3.53. The molecule has 1 rings (SSSR count). The monoisotopic (exact) mass is 170 g/mol. The van der Waals surface area contributed by atoms with Crippen molar-refractivity contribution in [3.8, 4) is 0 Å². The molecule has 0 saturated carbocycles. The molecular formula is C9H18N2O. The lowest BCUT2D eigenvalue weighted by Crippen LogP contribution is -2.40. The van der Waals surface area contributed by atoms with Gasteiger partial charge in [0.1, 0.15) is 0 Å². The third kappa shape index (κ3) is 3.22. The molecule has 1 heterocycles. The Bertz CT molecular complexity index is 153. The molecule has 1 N–H and O–H groups in total. The van der Waals surface area contributed by atoms with E-state index >= 15 is 0 Å². The lowest BCUT2D eigenvalue weighted by Gasteiger charge is -2.20. The molecule has 1 amide bonds. The molecule has 1 saturated heterocycles. The molecule has 0 aromatic heterocycles. The molecule has 0 spiro atoms. The van der Waals surface area contributed by atoms with Crippen LogP contribution < -0.4 is 5.32 Å². The summed E-state index contributed by atoms with van der Waals surface area (Å²) in [6.45, 7) is 7.02. The standard InChI is InChI=1S/C9H18N2O/c1-8(10-9(2)12)7-11-5-3-4-6-11/h8H,3-7H2,1-2H3,(H,10,12)/t8-/m0/s1. The molecule has 3 heteroatoms. The van der Waals surface area contributed by atoms with Gasteiger partial charge in [-0.1, -0.05) is 0 Å². The van der Waals surface area contributed by atoms with Crippen LogP contribution in [0.25, 0.3) is 0 Å². The van der Waals surface area contributed by atoms with E-state index in [-0.39, 0.29) is 5.91 Å². The summed E-state index contributed by atoms with van der Waals surface area (Å²) in [4.78, 5) is 13.1. The largest absolute Gasteiger partial charge is 0.353 e. The molecule has 3 nitrogen and oxygen atoms in total. The fraction of sp³-hybridized carbons (Fsp3) is 0.889. The number of hydrogen-bond acceptors (Lipinski definition) is 2. The second kappa shape index (κ2) is 4.45. The summed E-state index contributed by atoms with van der Waals surface area (Å²) in [5, 5.41) is 2.89. The van der Waals surface area contributed by atoms with Crippen LogP contribution in [0, 0.1) is 0 Å². The molecular weight excluding hydrogens is 152 g/mol. The summed E-state index contributed by atoms with van der Waals surface area (Å²) in [6, 6.07) is 0.292. The van der Waals surface area contributed by atoms with Crippen molar-refractivity contribution in [1.29, 1.82) is 0 Å². The first-order valence-corrected chi connectivity index (χ1v) is 4.68. The van der Waals surface area contributed by atoms with Gasteiger partial charge in [0, 0.05) is 19.5 Å². The predicted molar refractivity (Wildman–Crippen MR) is 49.0 cm³/mol. The molecule has 0 aliphatic carbocycles. The van der Waals surface area contributed by atoms with Gasteiger partial charge in [0.2, 0.25) is 5.91 Å². The summed E-state index contributed by atoms with van der Waals surface area (Å²) < 4.78 is 0. The number of likely N-dealkylation sites (tertiary alicyclic amines) is 1. The van der Waals surface area contributed by atoms with E-state index in [4.69, 9.17) is 0 Å². The van der Waals surface area contributed by atoms with E-state index in [9.17, 15) is 4.79 Å². The molecule has 1 aliphatic rings. The smallest absolute Gasteiger partial charge is 0.217 e. The molecule has 1 atom stereocenters. The highest BCUT2D eigenvalue weighted by Gasteiger charge is 2.14. The van der Waals surface area contributed by atoms with Crippen LogP contribution >= 0.6 is 0 Å². The summed E-state index contributed by atoms with van der Waals surface area (Å²) in [5.74, 6) is 0.0710. The highest BCUT2D eigenvalue weighted by molar-refractivity contribution is 5.73. The molecule has 0 radical (unpaired) electrons. The van der Waals surface area contributed by atoms with E-state index in [2.05, 4.69) is 17.1 Å². The van der Waals surface area contributed by atoms with Crippen LogP contribution in [0.2, 0.25) is 0 Å². The van der Waals surface area contributed by atoms with Crippen LogP contribution in [0.5, 0.6) is 0 Å². The molecule has 70 valence electrons. The Morgan fingerprint density at radius 2 is 2.08 bits per heavy atom. The van der Waals surface area contributed by atoms with E-state index in [0.29, 0.717) is 6.04 Å². The Balaban J connectivity index is 2.16. The molecule has 0 bridgehead atoms. The Morgan fingerprint density at radius 3 is 2.58 bits per heavy atom. The maximum absolute atomic E-state index is 10.7. The van der Waals surface area contributed by atoms with Gasteiger partial charge in [0.25, 0.3) is 0 Å². The zero-order valence-electron chi connectivity index (χ0n) is 7.97. The van der Waals surface area contributed by atoms with Crippen LogP contribution in [-0.2, 0) is 4.79 Å². The minimum atomic E-state index is 0.0710. The lowest BCUT2D eigenvalue weighted by molar-refractivity contribution is -0.119. The van der Waals surface area contributed by atoms with Crippen molar-refractivity contribution >= 4 is 5.91 Å². The number of hydrogen-bond donors (Lipinski definition) is 1. The Hall–Kier alpha value is -0.570. The van der Waals surface area contributed by atoms with Crippen LogP contribution in [0.1, 0.15) is 26.7 Å². The molecule has 1 fully saturated rings. The molecule has 12 heavy (non-hydrogen) atoms. The number of nitrogens with zero attached hydrogens (tertiary/aromatic N) is 1. The van der Waals surface area contributed by atoms with Crippen molar-refractivity contribution in [1.82, 2.24) is 10.2 Å². The van der Waals surface area contributed by atoms with Crippen molar-refractivity contribution in [3.63, 3.8) is 0 Å². The SMILES string of the molecule is CC(=O)N[C@@H](C)CN1CCCC1. The maximum atomic E-state index is 10.7. The van der Waals surface area contributed by atoms with Crippen LogP contribution in [0.3, 0.4) is 0 Å². The number of rotatable bonds is 3. The number of amides is 1. The van der Waals surface area contributed by atoms with Crippen LogP contribution in [0.4, 0.5) is 0 Å². The van der Waals surface area contributed by atoms with E-state index in [1.807, 2.05) is 0 Å². The topological polar surface area (TPSA) is 32.3 Å². The minimum absolute atomic E-state index is 0.0710. The van der Waals surface area contributed by atoms with Crippen molar-refractivity contribution in [2.45, 2.75) is 32.7 Å². The first kappa shape index (κ1) is 9.52. The van der Waals surface area contributed by atoms with Gasteiger partial charge < -0.3 is 10.2 Å². The van der Waals surface area contributed by atoms with Gasteiger partial charge in [0.05, 0.1) is 0 Å². The molecule has 1 aliphatic heterocycles. The highest BCUT2D eigenvalue weighted by atomic mass is 16.1. The van der Waals surface area contributed by atoms with E-state index < -0.39 is 0 Å². The fourth-order valence-corrected chi connectivity index (χ4v) is 1.75. The van der Waals surface area contributed by atoms with E-state index in [0.717, 1.165) is 6.54 Å². The average Bonchev–Trinajstić information content (AvgIpc) is 2.37. The second-order valence-corrected chi connectivity index (χ2v) is 3.61. The fourth-order valence-electron chi connectivity index (χ4n) is 1.75. The van der Waals surface area contributed by atoms with Gasteiger partial charge >= 0.3 is 0 Å². The summed E-state index contributed by atoms with van der Waals surface area (Å²) >= 11 is 0. The lowest BCUT2D eigenvalue weighted by atomic mass is 10.3. The third-order valence-corrected chi connectivity index (χ3v) is 2.18. The number of nitrogens with one attached hydrogen (secondary N) is 1. The average molecular weight is 170 g/mol.